The summed E-state index contributed by atoms with van der Waals surface area (Å²) in [6, 6.07) is 13.0. The predicted octanol–water partition coefficient (Wildman–Crippen LogP) is 5.23. The SMILES string of the molecule is Cc1ccc2c3c4c(oc3n(OC3CCCCC3)c2c1)C(=O)c1ccccc1C4=O. The van der Waals surface area contributed by atoms with Gasteiger partial charge in [-0.15, -0.1) is 4.73 Å². The lowest BCUT2D eigenvalue weighted by atomic mass is 9.87. The van der Waals surface area contributed by atoms with Gasteiger partial charge in [0.15, 0.2) is 11.5 Å². The van der Waals surface area contributed by atoms with Crippen LogP contribution >= 0.6 is 0 Å². The molecule has 0 bridgehead atoms. The number of aromatic nitrogens is 1. The third-order valence-electron chi connectivity index (χ3n) is 6.37. The van der Waals surface area contributed by atoms with E-state index in [1.54, 1.807) is 29.0 Å². The number of aryl methyl sites for hydroxylation is 1. The Morgan fingerprint density at radius 3 is 2.47 bits per heavy atom. The maximum atomic E-state index is 13.4. The van der Waals surface area contributed by atoms with Crippen LogP contribution in [0.1, 0.15) is 69.7 Å². The number of carbonyl (C=O) groups excluding carboxylic acids is 2. The summed E-state index contributed by atoms with van der Waals surface area (Å²) >= 11 is 0. The molecule has 30 heavy (non-hydrogen) atoms. The first-order valence-electron chi connectivity index (χ1n) is 10.6. The highest BCUT2D eigenvalue weighted by molar-refractivity contribution is 6.33. The molecule has 0 unspecified atom stereocenters. The number of nitrogens with zero attached hydrogens (tertiary/aromatic N) is 1. The van der Waals surface area contributed by atoms with E-state index >= 15 is 0 Å². The molecule has 6 rings (SSSR count). The molecule has 4 aromatic rings. The van der Waals surface area contributed by atoms with Gasteiger partial charge >= 0.3 is 0 Å². The molecule has 0 atom stereocenters. The Hall–Kier alpha value is -3.34. The average Bonchev–Trinajstić information content (AvgIpc) is 3.29. The van der Waals surface area contributed by atoms with Crippen LogP contribution in [0.5, 0.6) is 0 Å². The molecular weight excluding hydrogens is 378 g/mol. The Kier molecular flexibility index (Phi) is 3.69. The molecule has 0 amide bonds. The normalized spacial score (nSPS) is 16.8. The fourth-order valence-electron chi connectivity index (χ4n) is 4.88. The molecule has 5 heteroatoms. The van der Waals surface area contributed by atoms with Crippen molar-refractivity contribution in [3.63, 3.8) is 0 Å². The summed E-state index contributed by atoms with van der Waals surface area (Å²) in [5, 5.41) is 1.54. The van der Waals surface area contributed by atoms with Crippen LogP contribution in [0, 0.1) is 6.92 Å². The second kappa shape index (κ2) is 6.33. The Morgan fingerprint density at radius 2 is 1.70 bits per heavy atom. The van der Waals surface area contributed by atoms with Crippen molar-refractivity contribution in [1.29, 1.82) is 0 Å². The highest BCUT2D eigenvalue weighted by Gasteiger charge is 2.37. The first kappa shape index (κ1) is 17.5. The molecule has 0 spiro atoms. The van der Waals surface area contributed by atoms with Crippen molar-refractivity contribution < 1.29 is 18.8 Å². The summed E-state index contributed by atoms with van der Waals surface area (Å²) in [5.74, 6) is -0.302. The molecule has 0 saturated heterocycles. The van der Waals surface area contributed by atoms with Crippen molar-refractivity contribution in [2.45, 2.75) is 45.1 Å². The highest BCUT2D eigenvalue weighted by atomic mass is 16.7. The fourth-order valence-corrected chi connectivity index (χ4v) is 4.88. The second-order valence-electron chi connectivity index (χ2n) is 8.37. The third-order valence-corrected chi connectivity index (χ3v) is 6.37. The molecule has 0 radical (unpaired) electrons. The van der Waals surface area contributed by atoms with Crippen LogP contribution in [-0.4, -0.2) is 22.4 Å². The first-order valence-corrected chi connectivity index (χ1v) is 10.6. The number of benzene rings is 2. The monoisotopic (exact) mass is 399 g/mol. The summed E-state index contributed by atoms with van der Waals surface area (Å²) in [6.07, 6.45) is 5.62. The van der Waals surface area contributed by atoms with Gasteiger partial charge in [-0.25, -0.2) is 0 Å². The van der Waals surface area contributed by atoms with E-state index in [9.17, 15) is 9.59 Å². The molecule has 0 N–H and O–H groups in total. The molecular formula is C25H21NO4. The average molecular weight is 399 g/mol. The van der Waals surface area contributed by atoms with E-state index in [-0.39, 0.29) is 23.4 Å². The number of rotatable bonds is 2. The van der Waals surface area contributed by atoms with Crippen LogP contribution in [0.2, 0.25) is 0 Å². The molecule has 2 heterocycles. The first-order chi connectivity index (χ1) is 14.6. The van der Waals surface area contributed by atoms with Crippen LogP contribution < -0.4 is 4.84 Å². The van der Waals surface area contributed by atoms with Crippen LogP contribution in [0.25, 0.3) is 22.0 Å². The summed E-state index contributed by atoms with van der Waals surface area (Å²) in [5.41, 5.74) is 3.59. The van der Waals surface area contributed by atoms with Gasteiger partial charge in [0, 0.05) is 16.5 Å². The topological polar surface area (TPSA) is 61.4 Å². The number of ketones is 2. The minimum Gasteiger partial charge on any atom is -0.432 e. The molecule has 1 saturated carbocycles. The van der Waals surface area contributed by atoms with E-state index in [2.05, 4.69) is 0 Å². The van der Waals surface area contributed by atoms with E-state index in [0.717, 1.165) is 42.1 Å². The summed E-state index contributed by atoms with van der Waals surface area (Å²) in [7, 11) is 0. The zero-order valence-corrected chi connectivity index (χ0v) is 16.7. The Balaban J connectivity index is 1.63. The molecule has 150 valence electrons. The standard InChI is InChI=1S/C25H21NO4/c1-14-11-12-18-19(13-14)26(30-15-7-3-2-4-8-15)25-20(18)21-22(27)16-9-5-6-10-17(16)23(28)24(21)29-25/h5-6,9-13,15H,2-4,7-8H2,1H3. The number of hydrogen-bond donors (Lipinski definition) is 0. The number of furan rings is 1. The van der Waals surface area contributed by atoms with Gasteiger partial charge in [0.2, 0.25) is 11.5 Å². The van der Waals surface area contributed by atoms with E-state index < -0.39 is 0 Å². The fraction of sp³-hybridized carbons (Fsp3) is 0.280. The number of hydrogen-bond acceptors (Lipinski definition) is 4. The van der Waals surface area contributed by atoms with Gasteiger partial charge in [-0.3, -0.25) is 9.59 Å². The van der Waals surface area contributed by atoms with Gasteiger partial charge in [0.1, 0.15) is 6.10 Å². The molecule has 2 aromatic carbocycles. The summed E-state index contributed by atoms with van der Waals surface area (Å²) < 4.78 is 7.81. The van der Waals surface area contributed by atoms with E-state index in [1.807, 2.05) is 25.1 Å². The molecule has 2 aliphatic rings. The van der Waals surface area contributed by atoms with E-state index in [0.29, 0.717) is 27.8 Å². The summed E-state index contributed by atoms with van der Waals surface area (Å²) in [6.45, 7) is 2.03. The second-order valence-corrected chi connectivity index (χ2v) is 8.37. The Bertz CT molecular complexity index is 1350. The zero-order chi connectivity index (χ0) is 20.4. The maximum absolute atomic E-state index is 13.4. The van der Waals surface area contributed by atoms with Crippen LogP contribution in [0.3, 0.4) is 0 Å². The Labute approximate surface area is 173 Å². The van der Waals surface area contributed by atoms with Gasteiger partial charge in [0.05, 0.1) is 16.5 Å². The molecule has 5 nitrogen and oxygen atoms in total. The van der Waals surface area contributed by atoms with Crippen LogP contribution in [0.15, 0.2) is 46.9 Å². The quantitative estimate of drug-likeness (QED) is 0.408. The van der Waals surface area contributed by atoms with Crippen LogP contribution in [-0.2, 0) is 0 Å². The van der Waals surface area contributed by atoms with Crippen molar-refractivity contribution in [2.24, 2.45) is 0 Å². The summed E-state index contributed by atoms with van der Waals surface area (Å²) in [4.78, 5) is 32.9. The van der Waals surface area contributed by atoms with Crippen LogP contribution in [0.4, 0.5) is 0 Å². The lowest BCUT2D eigenvalue weighted by Gasteiger charge is -2.23. The van der Waals surface area contributed by atoms with Gasteiger partial charge in [-0.05, 0) is 44.2 Å². The van der Waals surface area contributed by atoms with Gasteiger partial charge in [-0.1, -0.05) is 42.8 Å². The van der Waals surface area contributed by atoms with Crippen molar-refractivity contribution in [3.8, 4) is 0 Å². The maximum Gasteiger partial charge on any atom is 0.242 e. The zero-order valence-electron chi connectivity index (χ0n) is 16.7. The van der Waals surface area contributed by atoms with E-state index in [1.165, 1.54) is 6.42 Å². The van der Waals surface area contributed by atoms with Gasteiger partial charge < -0.3 is 9.25 Å². The van der Waals surface area contributed by atoms with Gasteiger partial charge in [-0.2, -0.15) is 0 Å². The van der Waals surface area contributed by atoms with E-state index in [4.69, 9.17) is 9.25 Å². The molecule has 2 aliphatic carbocycles. The number of carbonyl (C=O) groups is 2. The van der Waals surface area contributed by atoms with Crippen molar-refractivity contribution >= 4 is 33.6 Å². The molecule has 1 fully saturated rings. The predicted molar refractivity (Wildman–Crippen MR) is 113 cm³/mol. The minimum absolute atomic E-state index is 0.101. The smallest absolute Gasteiger partial charge is 0.242 e. The number of fused-ring (bicyclic) bond motifs is 6. The van der Waals surface area contributed by atoms with Gasteiger partial charge in [0.25, 0.3) is 0 Å². The highest BCUT2D eigenvalue weighted by Crippen LogP contribution is 2.40. The lowest BCUT2D eigenvalue weighted by Crippen LogP contribution is -2.27. The van der Waals surface area contributed by atoms with Crippen molar-refractivity contribution in [2.75, 3.05) is 0 Å². The van der Waals surface area contributed by atoms with Crippen molar-refractivity contribution in [1.82, 2.24) is 4.73 Å². The molecule has 2 aromatic heterocycles. The lowest BCUT2D eigenvalue weighted by molar-refractivity contribution is 0.0240. The Morgan fingerprint density at radius 1 is 0.967 bits per heavy atom. The minimum atomic E-state index is -0.249. The third kappa shape index (κ3) is 2.35. The van der Waals surface area contributed by atoms with Crippen molar-refractivity contribution in [3.05, 3.63) is 70.5 Å². The molecule has 0 aliphatic heterocycles. The largest absolute Gasteiger partial charge is 0.432 e.